The van der Waals surface area contributed by atoms with E-state index in [1.807, 2.05) is 24.9 Å². The topological polar surface area (TPSA) is 52.6 Å². The zero-order valence-electron chi connectivity index (χ0n) is 11.1. The lowest BCUT2D eigenvalue weighted by Crippen LogP contribution is -2.41. The van der Waals surface area contributed by atoms with Crippen LogP contribution in [-0.4, -0.2) is 47.1 Å². The van der Waals surface area contributed by atoms with Gasteiger partial charge in [0.1, 0.15) is 5.75 Å². The Bertz CT molecular complexity index is 433. The minimum atomic E-state index is 0.142. The van der Waals surface area contributed by atoms with E-state index in [-0.39, 0.29) is 17.7 Å². The van der Waals surface area contributed by atoms with Gasteiger partial charge in [-0.2, -0.15) is 11.8 Å². The summed E-state index contributed by atoms with van der Waals surface area (Å²) in [6, 6.07) is 7.32. The van der Waals surface area contributed by atoms with Gasteiger partial charge in [0.2, 0.25) is 5.91 Å². The fourth-order valence-electron chi connectivity index (χ4n) is 2.13. The molecule has 1 fully saturated rings. The molecule has 19 heavy (non-hydrogen) atoms. The molecular weight excluding hydrogens is 260 g/mol. The van der Waals surface area contributed by atoms with Gasteiger partial charge in [-0.25, -0.2) is 0 Å². The monoisotopic (exact) mass is 280 g/mol. The van der Waals surface area contributed by atoms with Crippen molar-refractivity contribution < 1.29 is 9.90 Å². The maximum atomic E-state index is 12.1. The van der Waals surface area contributed by atoms with Crippen LogP contribution >= 0.6 is 11.8 Å². The van der Waals surface area contributed by atoms with Crippen molar-refractivity contribution in [2.75, 3.05) is 25.1 Å². The molecule has 1 aliphatic rings. The lowest BCUT2D eigenvalue weighted by Gasteiger charge is -2.25. The van der Waals surface area contributed by atoms with E-state index in [9.17, 15) is 9.90 Å². The Balaban J connectivity index is 1.84. The Kier molecular flexibility index (Phi) is 5.10. The number of rotatable bonds is 4. The first kappa shape index (κ1) is 14.2. The minimum Gasteiger partial charge on any atom is -0.508 e. The number of carbonyl (C=O) groups is 1. The van der Waals surface area contributed by atoms with Gasteiger partial charge in [0, 0.05) is 44.1 Å². The number of carbonyl (C=O) groups excluding carboxylic acids is 1. The van der Waals surface area contributed by atoms with Crippen LogP contribution in [0.15, 0.2) is 24.3 Å². The molecule has 2 rings (SSSR count). The SMILES string of the molecule is CN(Cc1cccc(O)c1)C(=O)CC1CSCCN1. The normalized spacial score (nSPS) is 19.1. The summed E-state index contributed by atoms with van der Waals surface area (Å²) in [5, 5.41) is 12.8. The van der Waals surface area contributed by atoms with E-state index < -0.39 is 0 Å². The number of benzene rings is 1. The maximum absolute atomic E-state index is 12.1. The lowest BCUT2D eigenvalue weighted by atomic mass is 10.1. The first-order valence-electron chi connectivity index (χ1n) is 6.48. The molecule has 1 saturated heterocycles. The fraction of sp³-hybridized carbons (Fsp3) is 0.500. The smallest absolute Gasteiger partial charge is 0.224 e. The van der Waals surface area contributed by atoms with E-state index in [0.29, 0.717) is 13.0 Å². The van der Waals surface area contributed by atoms with Crippen LogP contribution in [0.5, 0.6) is 5.75 Å². The molecular formula is C14H20N2O2S. The summed E-state index contributed by atoms with van der Waals surface area (Å²) >= 11 is 1.90. The van der Waals surface area contributed by atoms with Crippen LogP contribution in [0.3, 0.4) is 0 Å². The van der Waals surface area contributed by atoms with Crippen LogP contribution in [0.4, 0.5) is 0 Å². The summed E-state index contributed by atoms with van der Waals surface area (Å²) in [6.45, 7) is 1.52. The van der Waals surface area contributed by atoms with Crippen LogP contribution in [0.2, 0.25) is 0 Å². The molecule has 104 valence electrons. The quantitative estimate of drug-likeness (QED) is 0.876. The summed E-state index contributed by atoms with van der Waals surface area (Å²) in [5.74, 6) is 2.52. The van der Waals surface area contributed by atoms with Crippen molar-refractivity contribution in [3.8, 4) is 5.75 Å². The highest BCUT2D eigenvalue weighted by Crippen LogP contribution is 2.14. The molecule has 1 aromatic rings. The molecule has 0 radical (unpaired) electrons. The van der Waals surface area contributed by atoms with Crippen LogP contribution in [0.25, 0.3) is 0 Å². The van der Waals surface area contributed by atoms with Gasteiger partial charge in [-0.1, -0.05) is 12.1 Å². The van der Waals surface area contributed by atoms with Gasteiger partial charge >= 0.3 is 0 Å². The van der Waals surface area contributed by atoms with Gasteiger partial charge < -0.3 is 15.3 Å². The standard InChI is InChI=1S/C14H20N2O2S/c1-16(9-11-3-2-4-13(17)7-11)14(18)8-12-10-19-6-5-15-12/h2-4,7,12,15,17H,5-6,8-10H2,1H3. The van der Waals surface area contributed by atoms with Crippen molar-refractivity contribution in [2.24, 2.45) is 0 Å². The van der Waals surface area contributed by atoms with E-state index in [0.717, 1.165) is 23.6 Å². The molecule has 1 atom stereocenters. The van der Waals surface area contributed by atoms with Crippen molar-refractivity contribution in [3.63, 3.8) is 0 Å². The molecule has 0 aliphatic carbocycles. The number of phenolic OH excluding ortho intramolecular Hbond substituents is 1. The number of phenols is 1. The van der Waals surface area contributed by atoms with Gasteiger partial charge in [0.25, 0.3) is 0 Å². The fourth-order valence-corrected chi connectivity index (χ4v) is 3.08. The summed E-state index contributed by atoms with van der Waals surface area (Å²) < 4.78 is 0. The second-order valence-corrected chi connectivity index (χ2v) is 6.00. The van der Waals surface area contributed by atoms with Gasteiger partial charge in [-0.3, -0.25) is 4.79 Å². The van der Waals surface area contributed by atoms with E-state index in [1.165, 1.54) is 0 Å². The van der Waals surface area contributed by atoms with Crippen LogP contribution in [0, 0.1) is 0 Å². The molecule has 0 aromatic heterocycles. The molecule has 0 spiro atoms. The zero-order valence-corrected chi connectivity index (χ0v) is 11.9. The number of thioether (sulfide) groups is 1. The highest BCUT2D eigenvalue weighted by Gasteiger charge is 2.19. The van der Waals surface area contributed by atoms with Gasteiger partial charge in [0.05, 0.1) is 0 Å². The Morgan fingerprint density at radius 2 is 2.42 bits per heavy atom. The second-order valence-electron chi connectivity index (χ2n) is 4.85. The molecule has 1 unspecified atom stereocenters. The van der Waals surface area contributed by atoms with Crippen molar-refractivity contribution in [2.45, 2.75) is 19.0 Å². The summed E-state index contributed by atoms with van der Waals surface area (Å²) in [5.41, 5.74) is 0.946. The summed E-state index contributed by atoms with van der Waals surface area (Å²) in [7, 11) is 1.81. The zero-order chi connectivity index (χ0) is 13.7. The molecule has 1 aliphatic heterocycles. The number of hydrogen-bond acceptors (Lipinski definition) is 4. The number of nitrogens with zero attached hydrogens (tertiary/aromatic N) is 1. The van der Waals surface area contributed by atoms with Crippen molar-refractivity contribution in [3.05, 3.63) is 29.8 Å². The van der Waals surface area contributed by atoms with Crippen LogP contribution in [-0.2, 0) is 11.3 Å². The summed E-state index contributed by atoms with van der Waals surface area (Å²) in [4.78, 5) is 13.8. The number of aromatic hydroxyl groups is 1. The van der Waals surface area contributed by atoms with E-state index in [4.69, 9.17) is 0 Å². The van der Waals surface area contributed by atoms with Crippen molar-refractivity contribution in [1.29, 1.82) is 0 Å². The Labute approximate surface area is 118 Å². The van der Waals surface area contributed by atoms with E-state index >= 15 is 0 Å². The highest BCUT2D eigenvalue weighted by atomic mass is 32.2. The average molecular weight is 280 g/mol. The number of amides is 1. The first-order chi connectivity index (χ1) is 9.15. The van der Waals surface area contributed by atoms with Gasteiger partial charge in [-0.05, 0) is 17.7 Å². The molecule has 1 aromatic carbocycles. The molecule has 0 saturated carbocycles. The largest absolute Gasteiger partial charge is 0.508 e. The Morgan fingerprint density at radius 1 is 1.58 bits per heavy atom. The molecule has 5 heteroatoms. The maximum Gasteiger partial charge on any atom is 0.224 e. The van der Waals surface area contributed by atoms with Crippen LogP contribution in [0.1, 0.15) is 12.0 Å². The summed E-state index contributed by atoms with van der Waals surface area (Å²) in [6.07, 6.45) is 0.544. The Morgan fingerprint density at radius 3 is 3.11 bits per heavy atom. The Hall–Kier alpha value is -1.20. The molecule has 2 N–H and O–H groups in total. The predicted molar refractivity (Wildman–Crippen MR) is 78.3 cm³/mol. The minimum absolute atomic E-state index is 0.142. The number of nitrogens with one attached hydrogen (secondary N) is 1. The van der Waals surface area contributed by atoms with E-state index in [2.05, 4.69) is 5.32 Å². The second kappa shape index (κ2) is 6.82. The third-order valence-corrected chi connectivity index (χ3v) is 4.31. The van der Waals surface area contributed by atoms with Gasteiger partial charge in [0.15, 0.2) is 0 Å². The van der Waals surface area contributed by atoms with Gasteiger partial charge in [-0.15, -0.1) is 0 Å². The van der Waals surface area contributed by atoms with Crippen molar-refractivity contribution in [1.82, 2.24) is 10.2 Å². The third-order valence-electron chi connectivity index (χ3n) is 3.18. The third kappa shape index (κ3) is 4.44. The van der Waals surface area contributed by atoms with Crippen molar-refractivity contribution >= 4 is 17.7 Å². The average Bonchev–Trinajstić information content (AvgIpc) is 2.40. The molecule has 0 bridgehead atoms. The van der Waals surface area contributed by atoms with Crippen LogP contribution < -0.4 is 5.32 Å². The molecule has 1 amide bonds. The highest BCUT2D eigenvalue weighted by molar-refractivity contribution is 7.99. The number of hydrogen-bond donors (Lipinski definition) is 2. The molecule has 4 nitrogen and oxygen atoms in total. The molecule has 1 heterocycles. The lowest BCUT2D eigenvalue weighted by molar-refractivity contribution is -0.130. The predicted octanol–water partition coefficient (Wildman–Crippen LogP) is 1.45. The van der Waals surface area contributed by atoms with E-state index in [1.54, 1.807) is 23.1 Å². The first-order valence-corrected chi connectivity index (χ1v) is 7.63.